The Hall–Kier alpha value is 0.01000. The van der Waals surface area contributed by atoms with Gasteiger partial charge in [-0.15, -0.1) is 12.4 Å². The Morgan fingerprint density at radius 1 is 1.20 bits per heavy atom. The molecule has 1 aliphatic heterocycles. The molecule has 0 spiro atoms. The Morgan fingerprint density at radius 2 is 1.90 bits per heavy atom. The third-order valence-electron chi connectivity index (χ3n) is 3.90. The average molecular weight is 338 g/mol. The van der Waals surface area contributed by atoms with E-state index in [-0.39, 0.29) is 12.4 Å². The summed E-state index contributed by atoms with van der Waals surface area (Å²) in [5.41, 5.74) is 1.25. The molecule has 1 N–H and O–H groups in total. The second kappa shape index (κ2) is 9.11. The van der Waals surface area contributed by atoms with E-state index in [0.29, 0.717) is 10.0 Å². The molecule has 0 bridgehead atoms. The van der Waals surface area contributed by atoms with Crippen LogP contribution in [-0.2, 0) is 6.54 Å². The van der Waals surface area contributed by atoms with Crippen molar-refractivity contribution >= 4 is 35.6 Å². The van der Waals surface area contributed by atoms with E-state index >= 15 is 0 Å². The molecule has 1 aliphatic rings. The lowest BCUT2D eigenvalue weighted by molar-refractivity contribution is 0.172. The summed E-state index contributed by atoms with van der Waals surface area (Å²) in [6.45, 7) is 4.50. The fraction of sp³-hybridized carbons (Fsp3) is 0.600. The third-order valence-corrected chi connectivity index (χ3v) is 4.64. The number of likely N-dealkylation sites (tertiary alicyclic amines) is 1. The van der Waals surface area contributed by atoms with Crippen LogP contribution in [-0.4, -0.2) is 31.6 Å². The zero-order valence-electron chi connectivity index (χ0n) is 11.9. The van der Waals surface area contributed by atoms with Crippen LogP contribution in [0.4, 0.5) is 0 Å². The van der Waals surface area contributed by atoms with Crippen molar-refractivity contribution in [2.45, 2.75) is 25.8 Å². The number of benzene rings is 1. The molecule has 2 nitrogen and oxygen atoms in total. The van der Waals surface area contributed by atoms with Gasteiger partial charge in [0.2, 0.25) is 0 Å². The predicted octanol–water partition coefficient (Wildman–Crippen LogP) is 4.24. The van der Waals surface area contributed by atoms with Crippen molar-refractivity contribution in [2.75, 3.05) is 26.7 Å². The normalized spacial score (nSPS) is 16.9. The van der Waals surface area contributed by atoms with Crippen LogP contribution in [0.1, 0.15) is 24.8 Å². The van der Waals surface area contributed by atoms with Crippen molar-refractivity contribution < 1.29 is 0 Å². The SMILES string of the molecule is CNCCC1CCN(Cc2ccc(Cl)c(Cl)c2)CC1.Cl. The van der Waals surface area contributed by atoms with E-state index in [4.69, 9.17) is 23.2 Å². The molecule has 5 heteroatoms. The van der Waals surface area contributed by atoms with Gasteiger partial charge in [0.25, 0.3) is 0 Å². The maximum Gasteiger partial charge on any atom is 0.0595 e. The van der Waals surface area contributed by atoms with Gasteiger partial charge in [-0.3, -0.25) is 4.90 Å². The summed E-state index contributed by atoms with van der Waals surface area (Å²) in [5.74, 6) is 0.887. The lowest BCUT2D eigenvalue weighted by Gasteiger charge is -2.32. The van der Waals surface area contributed by atoms with Crippen molar-refractivity contribution in [1.82, 2.24) is 10.2 Å². The fourth-order valence-electron chi connectivity index (χ4n) is 2.68. The van der Waals surface area contributed by atoms with Crippen LogP contribution in [0.25, 0.3) is 0 Å². The molecule has 1 saturated heterocycles. The van der Waals surface area contributed by atoms with Crippen LogP contribution in [0.15, 0.2) is 18.2 Å². The van der Waals surface area contributed by atoms with Crippen LogP contribution in [0.5, 0.6) is 0 Å². The van der Waals surface area contributed by atoms with E-state index in [0.717, 1.165) is 19.0 Å². The topological polar surface area (TPSA) is 15.3 Å². The summed E-state index contributed by atoms with van der Waals surface area (Å²) in [7, 11) is 2.03. The molecule has 1 aromatic rings. The van der Waals surface area contributed by atoms with Gasteiger partial charge in [0, 0.05) is 6.54 Å². The van der Waals surface area contributed by atoms with Gasteiger partial charge in [0.1, 0.15) is 0 Å². The molecule has 0 aromatic heterocycles. The zero-order valence-corrected chi connectivity index (χ0v) is 14.2. The number of nitrogens with zero attached hydrogens (tertiary/aromatic N) is 1. The second-order valence-electron chi connectivity index (χ2n) is 5.36. The summed E-state index contributed by atoms with van der Waals surface area (Å²) in [4.78, 5) is 2.51. The summed E-state index contributed by atoms with van der Waals surface area (Å²) in [6, 6.07) is 5.94. The largest absolute Gasteiger partial charge is 0.320 e. The lowest BCUT2D eigenvalue weighted by Crippen LogP contribution is -2.34. The first-order valence-electron chi connectivity index (χ1n) is 7.00. The van der Waals surface area contributed by atoms with Crippen LogP contribution in [0.3, 0.4) is 0 Å². The van der Waals surface area contributed by atoms with E-state index in [9.17, 15) is 0 Å². The van der Waals surface area contributed by atoms with Gasteiger partial charge in [0.05, 0.1) is 10.0 Å². The summed E-state index contributed by atoms with van der Waals surface area (Å²) < 4.78 is 0. The van der Waals surface area contributed by atoms with Gasteiger partial charge < -0.3 is 5.32 Å². The minimum Gasteiger partial charge on any atom is -0.320 e. The summed E-state index contributed by atoms with van der Waals surface area (Å²) in [5, 5.41) is 4.53. The maximum absolute atomic E-state index is 6.05. The van der Waals surface area contributed by atoms with Crippen molar-refractivity contribution in [3.05, 3.63) is 33.8 Å². The number of halogens is 3. The minimum absolute atomic E-state index is 0. The van der Waals surface area contributed by atoms with E-state index in [1.165, 1.54) is 37.9 Å². The van der Waals surface area contributed by atoms with Crippen molar-refractivity contribution in [2.24, 2.45) is 5.92 Å². The molecular formula is C15H23Cl3N2. The quantitative estimate of drug-likeness (QED) is 0.864. The zero-order chi connectivity index (χ0) is 13.7. The highest BCUT2D eigenvalue weighted by Gasteiger charge is 2.18. The number of hydrogen-bond acceptors (Lipinski definition) is 2. The average Bonchev–Trinajstić information content (AvgIpc) is 2.42. The van der Waals surface area contributed by atoms with Crippen LogP contribution < -0.4 is 5.32 Å². The second-order valence-corrected chi connectivity index (χ2v) is 6.17. The molecule has 20 heavy (non-hydrogen) atoms. The Kier molecular flexibility index (Phi) is 8.23. The first-order valence-corrected chi connectivity index (χ1v) is 7.75. The molecule has 1 aromatic carbocycles. The molecule has 1 heterocycles. The summed E-state index contributed by atoms with van der Waals surface area (Å²) in [6.07, 6.45) is 3.92. The van der Waals surface area contributed by atoms with Gasteiger partial charge in [-0.25, -0.2) is 0 Å². The molecule has 114 valence electrons. The van der Waals surface area contributed by atoms with Gasteiger partial charge in [-0.05, 0) is 69.6 Å². The highest BCUT2D eigenvalue weighted by molar-refractivity contribution is 6.42. The van der Waals surface area contributed by atoms with E-state index in [1.807, 2.05) is 19.2 Å². The van der Waals surface area contributed by atoms with E-state index < -0.39 is 0 Å². The molecule has 0 saturated carbocycles. The maximum atomic E-state index is 6.05. The standard InChI is InChI=1S/C15H22Cl2N2.ClH/c1-18-7-4-12-5-8-19(9-6-12)11-13-2-3-14(16)15(17)10-13;/h2-3,10,12,18H,4-9,11H2,1H3;1H. The molecule has 2 rings (SSSR count). The van der Waals surface area contributed by atoms with Gasteiger partial charge in [-0.2, -0.15) is 0 Å². The molecule has 0 aliphatic carbocycles. The molecule has 0 amide bonds. The minimum atomic E-state index is 0. The lowest BCUT2D eigenvalue weighted by atomic mass is 9.93. The number of rotatable bonds is 5. The summed E-state index contributed by atoms with van der Waals surface area (Å²) >= 11 is 12.0. The molecular weight excluding hydrogens is 315 g/mol. The van der Waals surface area contributed by atoms with Crippen molar-refractivity contribution in [1.29, 1.82) is 0 Å². The molecule has 0 radical (unpaired) electrons. The monoisotopic (exact) mass is 336 g/mol. The Balaban J connectivity index is 0.00000200. The van der Waals surface area contributed by atoms with Crippen LogP contribution in [0, 0.1) is 5.92 Å². The van der Waals surface area contributed by atoms with Gasteiger partial charge in [0.15, 0.2) is 0 Å². The third kappa shape index (κ3) is 5.42. The Bertz CT molecular complexity index is 404. The van der Waals surface area contributed by atoms with E-state index in [2.05, 4.69) is 16.3 Å². The highest BCUT2D eigenvalue weighted by atomic mass is 35.5. The molecule has 0 unspecified atom stereocenters. The van der Waals surface area contributed by atoms with Crippen LogP contribution >= 0.6 is 35.6 Å². The molecule has 0 atom stereocenters. The highest BCUT2D eigenvalue weighted by Crippen LogP contribution is 2.25. The Labute approximate surface area is 138 Å². The van der Waals surface area contributed by atoms with E-state index in [1.54, 1.807) is 0 Å². The van der Waals surface area contributed by atoms with Crippen molar-refractivity contribution in [3.8, 4) is 0 Å². The number of piperidine rings is 1. The number of nitrogens with one attached hydrogen (secondary N) is 1. The first-order chi connectivity index (χ1) is 9.19. The van der Waals surface area contributed by atoms with Crippen molar-refractivity contribution in [3.63, 3.8) is 0 Å². The Morgan fingerprint density at radius 3 is 2.50 bits per heavy atom. The molecule has 1 fully saturated rings. The van der Waals surface area contributed by atoms with Gasteiger partial charge in [-0.1, -0.05) is 29.3 Å². The van der Waals surface area contributed by atoms with Crippen LogP contribution in [0.2, 0.25) is 10.0 Å². The number of hydrogen-bond donors (Lipinski definition) is 1. The smallest absolute Gasteiger partial charge is 0.0595 e. The first kappa shape index (κ1) is 18.1. The van der Waals surface area contributed by atoms with Gasteiger partial charge >= 0.3 is 0 Å². The predicted molar refractivity (Wildman–Crippen MR) is 90.3 cm³/mol. The fourth-order valence-corrected chi connectivity index (χ4v) is 3.00.